The van der Waals surface area contributed by atoms with Gasteiger partial charge in [0.05, 0.1) is 5.69 Å². The summed E-state index contributed by atoms with van der Waals surface area (Å²) in [5.74, 6) is 0. The summed E-state index contributed by atoms with van der Waals surface area (Å²) < 4.78 is 0. The zero-order chi connectivity index (χ0) is 12.8. The van der Waals surface area contributed by atoms with Gasteiger partial charge in [0.2, 0.25) is 0 Å². The Morgan fingerprint density at radius 3 is 2.67 bits per heavy atom. The van der Waals surface area contributed by atoms with Crippen LogP contribution in [0.3, 0.4) is 0 Å². The molecule has 2 rings (SSSR count). The second kappa shape index (κ2) is 6.39. The van der Waals surface area contributed by atoms with Crippen LogP contribution < -0.4 is 0 Å². The van der Waals surface area contributed by atoms with Gasteiger partial charge < -0.3 is 4.98 Å². The molecule has 0 atom stereocenters. The first-order valence-electron chi connectivity index (χ1n) is 6.91. The summed E-state index contributed by atoms with van der Waals surface area (Å²) in [5.41, 5.74) is 3.02. The van der Waals surface area contributed by atoms with E-state index >= 15 is 0 Å². The SMILES string of the molecule is CCCCCCCc1c(C=O)[nH]c2ccccc12. The van der Waals surface area contributed by atoms with Crippen molar-refractivity contribution >= 4 is 17.2 Å². The van der Waals surface area contributed by atoms with Gasteiger partial charge in [0.25, 0.3) is 0 Å². The lowest BCUT2D eigenvalue weighted by Crippen LogP contribution is -1.91. The molecule has 0 saturated carbocycles. The third-order valence-corrected chi connectivity index (χ3v) is 3.49. The average Bonchev–Trinajstić information content (AvgIpc) is 2.77. The number of aromatic nitrogens is 1. The highest BCUT2D eigenvalue weighted by atomic mass is 16.1. The van der Waals surface area contributed by atoms with Crippen LogP contribution in [-0.4, -0.2) is 11.3 Å². The van der Waals surface area contributed by atoms with Crippen molar-refractivity contribution in [2.45, 2.75) is 45.4 Å². The van der Waals surface area contributed by atoms with Crippen molar-refractivity contribution < 1.29 is 4.79 Å². The van der Waals surface area contributed by atoms with Crippen LogP contribution in [0.15, 0.2) is 24.3 Å². The summed E-state index contributed by atoms with van der Waals surface area (Å²) in [6.07, 6.45) is 8.26. The Balaban J connectivity index is 2.08. The number of unbranched alkanes of at least 4 members (excludes halogenated alkanes) is 4. The molecule has 1 aromatic heterocycles. The van der Waals surface area contributed by atoms with Crippen LogP contribution >= 0.6 is 0 Å². The van der Waals surface area contributed by atoms with Crippen LogP contribution in [0.5, 0.6) is 0 Å². The van der Waals surface area contributed by atoms with Gasteiger partial charge in [-0.25, -0.2) is 0 Å². The topological polar surface area (TPSA) is 32.9 Å². The van der Waals surface area contributed by atoms with Gasteiger partial charge in [-0.15, -0.1) is 0 Å². The number of hydrogen-bond acceptors (Lipinski definition) is 1. The first-order valence-corrected chi connectivity index (χ1v) is 6.91. The van der Waals surface area contributed by atoms with E-state index in [4.69, 9.17) is 0 Å². The molecule has 0 aliphatic rings. The van der Waals surface area contributed by atoms with E-state index in [0.717, 1.165) is 23.9 Å². The predicted molar refractivity (Wildman–Crippen MR) is 76.1 cm³/mol. The van der Waals surface area contributed by atoms with Crippen molar-refractivity contribution in [1.82, 2.24) is 4.98 Å². The Bertz CT molecular complexity index is 513. The molecule has 0 aliphatic heterocycles. The maximum Gasteiger partial charge on any atom is 0.166 e. The quantitative estimate of drug-likeness (QED) is 0.564. The Labute approximate surface area is 108 Å². The summed E-state index contributed by atoms with van der Waals surface area (Å²) in [6.45, 7) is 2.23. The number of carbonyl (C=O) groups is 1. The summed E-state index contributed by atoms with van der Waals surface area (Å²) in [4.78, 5) is 14.3. The molecule has 2 nitrogen and oxygen atoms in total. The number of fused-ring (bicyclic) bond motifs is 1. The van der Waals surface area contributed by atoms with Gasteiger partial charge >= 0.3 is 0 Å². The molecule has 0 unspecified atom stereocenters. The molecule has 0 saturated heterocycles. The highest BCUT2D eigenvalue weighted by molar-refractivity contribution is 5.92. The second-order valence-corrected chi connectivity index (χ2v) is 4.84. The molecule has 96 valence electrons. The fourth-order valence-electron chi connectivity index (χ4n) is 2.50. The van der Waals surface area contributed by atoms with E-state index in [-0.39, 0.29) is 0 Å². The molecule has 0 fully saturated rings. The number of benzene rings is 1. The van der Waals surface area contributed by atoms with Gasteiger partial charge in [0, 0.05) is 10.9 Å². The zero-order valence-electron chi connectivity index (χ0n) is 11.0. The minimum absolute atomic E-state index is 0.756. The summed E-state index contributed by atoms with van der Waals surface area (Å²) in [6, 6.07) is 8.16. The maximum absolute atomic E-state index is 11.1. The highest BCUT2D eigenvalue weighted by Gasteiger charge is 2.09. The molecular weight excluding hydrogens is 222 g/mol. The number of aryl methyl sites for hydroxylation is 1. The van der Waals surface area contributed by atoms with Gasteiger partial charge in [-0.05, 0) is 24.5 Å². The van der Waals surface area contributed by atoms with Gasteiger partial charge in [0.15, 0.2) is 6.29 Å². The van der Waals surface area contributed by atoms with Crippen LogP contribution in [0.25, 0.3) is 10.9 Å². The Hall–Kier alpha value is -1.57. The molecular formula is C16H21NO. The standard InChI is InChI=1S/C16H21NO/c1-2-3-4-5-6-9-14-13-10-7-8-11-15(13)17-16(14)12-18/h7-8,10-12,17H,2-6,9H2,1H3. The van der Waals surface area contributed by atoms with Gasteiger partial charge in [0.1, 0.15) is 0 Å². The van der Waals surface area contributed by atoms with E-state index in [1.165, 1.54) is 43.1 Å². The molecule has 1 heterocycles. The van der Waals surface area contributed by atoms with Crippen molar-refractivity contribution in [2.75, 3.05) is 0 Å². The number of hydrogen-bond donors (Lipinski definition) is 1. The van der Waals surface area contributed by atoms with Crippen molar-refractivity contribution in [1.29, 1.82) is 0 Å². The minimum atomic E-state index is 0.756. The maximum atomic E-state index is 11.1. The summed E-state index contributed by atoms with van der Waals surface area (Å²) in [7, 11) is 0. The number of H-pyrrole nitrogens is 1. The van der Waals surface area contributed by atoms with Crippen molar-refractivity contribution in [3.63, 3.8) is 0 Å². The molecule has 0 bridgehead atoms. The fraction of sp³-hybridized carbons (Fsp3) is 0.438. The Kier molecular flexibility index (Phi) is 4.57. The molecule has 0 radical (unpaired) electrons. The lowest BCUT2D eigenvalue weighted by Gasteiger charge is -2.01. The number of nitrogens with one attached hydrogen (secondary N) is 1. The van der Waals surface area contributed by atoms with Crippen molar-refractivity contribution in [3.05, 3.63) is 35.5 Å². The van der Waals surface area contributed by atoms with Crippen LogP contribution in [0.1, 0.15) is 55.1 Å². The highest BCUT2D eigenvalue weighted by Crippen LogP contribution is 2.23. The van der Waals surface area contributed by atoms with Crippen molar-refractivity contribution in [2.24, 2.45) is 0 Å². The third kappa shape index (κ3) is 2.81. The minimum Gasteiger partial charge on any atom is -0.352 e. The molecule has 2 aromatic rings. The number of aromatic amines is 1. The monoisotopic (exact) mass is 243 g/mol. The largest absolute Gasteiger partial charge is 0.352 e. The molecule has 2 heteroatoms. The number of para-hydroxylation sites is 1. The lowest BCUT2D eigenvalue weighted by atomic mass is 10.0. The molecule has 1 aromatic carbocycles. The van der Waals surface area contributed by atoms with E-state index in [0.29, 0.717) is 0 Å². The first-order chi connectivity index (χ1) is 8.86. The van der Waals surface area contributed by atoms with E-state index < -0.39 is 0 Å². The molecule has 18 heavy (non-hydrogen) atoms. The Morgan fingerprint density at radius 1 is 1.11 bits per heavy atom. The van der Waals surface area contributed by atoms with E-state index in [1.807, 2.05) is 18.2 Å². The van der Waals surface area contributed by atoms with Crippen LogP contribution in [0.2, 0.25) is 0 Å². The third-order valence-electron chi connectivity index (χ3n) is 3.49. The number of carbonyl (C=O) groups excluding carboxylic acids is 1. The van der Waals surface area contributed by atoms with Gasteiger partial charge in [-0.2, -0.15) is 0 Å². The van der Waals surface area contributed by atoms with Crippen LogP contribution in [-0.2, 0) is 6.42 Å². The molecule has 0 aliphatic carbocycles. The smallest absolute Gasteiger partial charge is 0.166 e. The predicted octanol–water partition coefficient (Wildman–Crippen LogP) is 4.49. The summed E-state index contributed by atoms with van der Waals surface area (Å²) in [5, 5.41) is 1.20. The Morgan fingerprint density at radius 2 is 1.89 bits per heavy atom. The average molecular weight is 243 g/mol. The normalized spacial score (nSPS) is 10.9. The lowest BCUT2D eigenvalue weighted by molar-refractivity contribution is 0.111. The van der Waals surface area contributed by atoms with Crippen LogP contribution in [0, 0.1) is 0 Å². The number of aldehydes is 1. The van der Waals surface area contributed by atoms with E-state index in [9.17, 15) is 4.79 Å². The van der Waals surface area contributed by atoms with Crippen molar-refractivity contribution in [3.8, 4) is 0 Å². The summed E-state index contributed by atoms with van der Waals surface area (Å²) >= 11 is 0. The van der Waals surface area contributed by atoms with Gasteiger partial charge in [-0.1, -0.05) is 50.8 Å². The van der Waals surface area contributed by atoms with Crippen LogP contribution in [0.4, 0.5) is 0 Å². The van der Waals surface area contributed by atoms with Gasteiger partial charge in [-0.3, -0.25) is 4.79 Å². The first kappa shape index (κ1) is 12.9. The molecule has 0 spiro atoms. The number of rotatable bonds is 7. The molecule has 1 N–H and O–H groups in total. The molecule has 0 amide bonds. The fourth-order valence-corrected chi connectivity index (χ4v) is 2.50. The van der Waals surface area contributed by atoms with E-state index in [2.05, 4.69) is 18.0 Å². The second-order valence-electron chi connectivity index (χ2n) is 4.84. The zero-order valence-corrected chi connectivity index (χ0v) is 11.0. The van der Waals surface area contributed by atoms with E-state index in [1.54, 1.807) is 0 Å².